The number of hydrogen-bond acceptors (Lipinski definition) is 7. The molecule has 6 aromatic rings. The molecule has 3 heterocycles. The lowest BCUT2D eigenvalue weighted by atomic mass is 10.0. The van der Waals surface area contributed by atoms with Gasteiger partial charge in [-0.1, -0.05) is 72.8 Å². The predicted octanol–water partition coefficient (Wildman–Crippen LogP) is 7.96. The predicted molar refractivity (Wildman–Crippen MR) is 191 cm³/mol. The summed E-state index contributed by atoms with van der Waals surface area (Å²) in [4.78, 5) is 32.0. The van der Waals surface area contributed by atoms with Crippen LogP contribution in [0.3, 0.4) is 0 Å². The molecule has 0 saturated carbocycles. The normalized spacial score (nSPS) is 13.3. The lowest BCUT2D eigenvalue weighted by Crippen LogP contribution is -2.61. The molecule has 10 nitrogen and oxygen atoms in total. The minimum atomic E-state index is -0.649. The number of nitrogens with one attached hydrogen (secondary N) is 1. The van der Waals surface area contributed by atoms with Crippen molar-refractivity contribution in [2.24, 2.45) is 0 Å². The Morgan fingerprint density at radius 1 is 0.902 bits per heavy atom. The SMILES string of the molecule is CC(C)(C)OC(=O)NC1CN(C(=O)Oc2c3cccnc3c(OC(c3ccccc3)c3ccccc3)c3c(O)n(Cc4ccc(F)cc4)cc23)C1. The molecule has 1 fully saturated rings. The summed E-state index contributed by atoms with van der Waals surface area (Å²) in [5.41, 5.74) is 2.24. The summed E-state index contributed by atoms with van der Waals surface area (Å²) in [6, 6.07) is 28.7. The second-order valence-electron chi connectivity index (χ2n) is 13.5. The van der Waals surface area contributed by atoms with Crippen LogP contribution in [-0.2, 0) is 11.3 Å². The molecule has 0 atom stereocenters. The number of fused-ring (bicyclic) bond motifs is 2. The zero-order valence-electron chi connectivity index (χ0n) is 28.4. The van der Waals surface area contributed by atoms with Gasteiger partial charge in [0.25, 0.3) is 0 Å². The molecule has 260 valence electrons. The van der Waals surface area contributed by atoms with Crippen LogP contribution < -0.4 is 14.8 Å². The van der Waals surface area contributed by atoms with Crippen molar-refractivity contribution in [3.63, 3.8) is 0 Å². The van der Waals surface area contributed by atoms with E-state index in [1.54, 1.807) is 62.0 Å². The van der Waals surface area contributed by atoms with Crippen LogP contribution in [0.5, 0.6) is 17.4 Å². The van der Waals surface area contributed by atoms with Gasteiger partial charge >= 0.3 is 12.2 Å². The first-order valence-corrected chi connectivity index (χ1v) is 16.6. The first kappa shape index (κ1) is 33.4. The number of halogens is 1. The molecule has 51 heavy (non-hydrogen) atoms. The van der Waals surface area contributed by atoms with Crippen molar-refractivity contribution in [1.82, 2.24) is 19.8 Å². The van der Waals surface area contributed by atoms with Crippen molar-refractivity contribution < 1.29 is 33.3 Å². The van der Waals surface area contributed by atoms with Gasteiger partial charge in [-0.2, -0.15) is 0 Å². The number of aromatic hydroxyl groups is 1. The van der Waals surface area contributed by atoms with E-state index in [0.717, 1.165) is 16.7 Å². The van der Waals surface area contributed by atoms with Crippen LogP contribution in [0.15, 0.2) is 109 Å². The van der Waals surface area contributed by atoms with Gasteiger partial charge in [0.15, 0.2) is 11.5 Å². The molecule has 2 aromatic heterocycles. The van der Waals surface area contributed by atoms with E-state index in [1.807, 2.05) is 60.7 Å². The average Bonchev–Trinajstić information content (AvgIpc) is 3.42. The first-order chi connectivity index (χ1) is 24.5. The quantitative estimate of drug-likeness (QED) is 0.167. The molecule has 0 aliphatic carbocycles. The molecule has 0 spiro atoms. The number of amides is 2. The highest BCUT2D eigenvalue weighted by Gasteiger charge is 2.35. The Morgan fingerprint density at radius 3 is 2.18 bits per heavy atom. The Morgan fingerprint density at radius 2 is 1.55 bits per heavy atom. The fraction of sp³-hybridized carbons (Fsp3) is 0.225. The lowest BCUT2D eigenvalue weighted by molar-refractivity contribution is 0.0408. The number of hydrogen-bond donors (Lipinski definition) is 2. The molecule has 11 heteroatoms. The Bertz CT molecular complexity index is 2160. The number of carbonyl (C=O) groups is 2. The second-order valence-corrected chi connectivity index (χ2v) is 13.5. The Balaban J connectivity index is 1.30. The third-order valence-corrected chi connectivity index (χ3v) is 8.55. The van der Waals surface area contributed by atoms with Crippen LogP contribution in [-0.4, -0.2) is 56.5 Å². The Hall–Kier alpha value is -6.10. The van der Waals surface area contributed by atoms with Gasteiger partial charge in [-0.05, 0) is 61.7 Å². The van der Waals surface area contributed by atoms with Gasteiger partial charge in [0.2, 0.25) is 5.88 Å². The maximum absolute atomic E-state index is 13.8. The highest BCUT2D eigenvalue weighted by Crippen LogP contribution is 2.48. The molecule has 0 radical (unpaired) electrons. The van der Waals surface area contributed by atoms with Gasteiger partial charge in [0.05, 0.1) is 23.4 Å². The summed E-state index contributed by atoms with van der Waals surface area (Å²) in [6.45, 7) is 5.99. The monoisotopic (exact) mass is 688 g/mol. The van der Waals surface area contributed by atoms with Crippen molar-refractivity contribution in [1.29, 1.82) is 0 Å². The topological polar surface area (TPSA) is 115 Å². The molecule has 7 rings (SSSR count). The molecule has 2 amide bonds. The molecule has 1 aliphatic rings. The van der Waals surface area contributed by atoms with Crippen molar-refractivity contribution in [3.05, 3.63) is 132 Å². The molecular formula is C40H37FN4O6. The number of ether oxygens (including phenoxy) is 3. The molecule has 2 N–H and O–H groups in total. The highest BCUT2D eigenvalue weighted by molar-refractivity contribution is 6.12. The highest BCUT2D eigenvalue weighted by atomic mass is 19.1. The van der Waals surface area contributed by atoms with Crippen LogP contribution >= 0.6 is 0 Å². The van der Waals surface area contributed by atoms with Crippen LogP contribution in [0.2, 0.25) is 0 Å². The number of aromatic nitrogens is 2. The van der Waals surface area contributed by atoms with Gasteiger partial charge in [0, 0.05) is 30.9 Å². The molecule has 1 aliphatic heterocycles. The lowest BCUT2D eigenvalue weighted by Gasteiger charge is -2.38. The molecule has 0 bridgehead atoms. The smallest absolute Gasteiger partial charge is 0.415 e. The Labute approximate surface area is 294 Å². The molecule has 1 saturated heterocycles. The van der Waals surface area contributed by atoms with Crippen molar-refractivity contribution in [3.8, 4) is 17.4 Å². The third kappa shape index (κ3) is 7.14. The largest absolute Gasteiger partial charge is 0.494 e. The summed E-state index contributed by atoms with van der Waals surface area (Å²) >= 11 is 0. The zero-order valence-corrected chi connectivity index (χ0v) is 28.4. The van der Waals surface area contributed by atoms with Gasteiger partial charge in [0.1, 0.15) is 23.0 Å². The Kier molecular flexibility index (Phi) is 8.95. The number of carbonyl (C=O) groups excluding carboxylic acids is 2. The van der Waals surface area contributed by atoms with E-state index in [2.05, 4.69) is 10.3 Å². The van der Waals surface area contributed by atoms with Gasteiger partial charge in [-0.25, -0.2) is 14.0 Å². The molecule has 4 aromatic carbocycles. The second kappa shape index (κ2) is 13.7. The molecular weight excluding hydrogens is 651 g/mol. The van der Waals surface area contributed by atoms with E-state index in [0.29, 0.717) is 27.4 Å². The minimum absolute atomic E-state index is 0.139. The fourth-order valence-electron chi connectivity index (χ4n) is 6.15. The molecule has 0 unspecified atom stereocenters. The van der Waals surface area contributed by atoms with E-state index in [-0.39, 0.29) is 43.1 Å². The number of nitrogens with zero attached hydrogens (tertiary/aromatic N) is 3. The number of pyridine rings is 1. The number of alkyl carbamates (subject to hydrolysis) is 1. The van der Waals surface area contributed by atoms with Gasteiger partial charge < -0.3 is 34.1 Å². The van der Waals surface area contributed by atoms with E-state index in [4.69, 9.17) is 14.2 Å². The van der Waals surface area contributed by atoms with Gasteiger partial charge in [-0.3, -0.25) is 4.98 Å². The standard InChI is InChI=1S/C40H37FN4O6/c1-40(2,3)51-38(47)43-29-22-45(23-29)39(48)50-35-30-15-10-20-42-33(30)36(49-34(26-11-6-4-7-12-26)27-13-8-5-9-14-27)32-31(35)24-44(37(32)46)21-25-16-18-28(41)19-17-25/h4-20,24,29,34,46H,21-23H2,1-3H3,(H,43,47). The number of benzene rings is 4. The third-order valence-electron chi connectivity index (χ3n) is 8.55. The van der Waals surface area contributed by atoms with Crippen molar-refractivity contribution in [2.75, 3.05) is 13.1 Å². The maximum atomic E-state index is 13.8. The number of likely N-dealkylation sites (tertiary alicyclic amines) is 1. The first-order valence-electron chi connectivity index (χ1n) is 16.6. The van der Waals surface area contributed by atoms with E-state index >= 15 is 0 Å². The van der Waals surface area contributed by atoms with Crippen LogP contribution in [0.4, 0.5) is 14.0 Å². The summed E-state index contributed by atoms with van der Waals surface area (Å²) in [7, 11) is 0. The minimum Gasteiger partial charge on any atom is -0.494 e. The van der Waals surface area contributed by atoms with Gasteiger partial charge in [-0.15, -0.1) is 0 Å². The number of rotatable bonds is 8. The van der Waals surface area contributed by atoms with Crippen LogP contribution in [0.25, 0.3) is 21.7 Å². The average molecular weight is 689 g/mol. The van der Waals surface area contributed by atoms with E-state index in [1.165, 1.54) is 17.0 Å². The maximum Gasteiger partial charge on any atom is 0.415 e. The van der Waals surface area contributed by atoms with Crippen molar-refractivity contribution >= 4 is 33.9 Å². The summed E-state index contributed by atoms with van der Waals surface area (Å²) < 4.78 is 33.7. The summed E-state index contributed by atoms with van der Waals surface area (Å²) in [5, 5.41) is 15.9. The summed E-state index contributed by atoms with van der Waals surface area (Å²) in [5.74, 6) is -0.0120. The van der Waals surface area contributed by atoms with Crippen LogP contribution in [0, 0.1) is 5.82 Å². The summed E-state index contributed by atoms with van der Waals surface area (Å²) in [6.07, 6.45) is 1.54. The van der Waals surface area contributed by atoms with Crippen LogP contribution in [0.1, 0.15) is 43.6 Å². The fourth-order valence-corrected chi connectivity index (χ4v) is 6.15. The van der Waals surface area contributed by atoms with E-state index in [9.17, 15) is 19.1 Å². The van der Waals surface area contributed by atoms with Crippen molar-refractivity contribution in [2.45, 2.75) is 45.1 Å². The zero-order chi connectivity index (χ0) is 35.7. The van der Waals surface area contributed by atoms with E-state index < -0.39 is 23.9 Å².